The first-order chi connectivity index (χ1) is 8.64. The molecule has 1 aromatic heterocycles. The van der Waals surface area contributed by atoms with E-state index in [1.165, 1.54) is 19.3 Å². The first kappa shape index (κ1) is 11.5. The van der Waals surface area contributed by atoms with Crippen LogP contribution in [-0.2, 0) is 7.05 Å². The Morgan fingerprint density at radius 1 is 1.33 bits per heavy atom. The largest absolute Gasteiger partial charge is 0.406 e. The van der Waals surface area contributed by atoms with Gasteiger partial charge in [-0.2, -0.15) is 0 Å². The molecule has 2 fully saturated rings. The van der Waals surface area contributed by atoms with Crippen LogP contribution in [0.15, 0.2) is 6.33 Å². The van der Waals surface area contributed by atoms with Gasteiger partial charge in [-0.3, -0.25) is 4.57 Å². The summed E-state index contributed by atoms with van der Waals surface area (Å²) in [7, 11) is 1.84. The Kier molecular flexibility index (Phi) is 2.53. The zero-order valence-electron chi connectivity index (χ0n) is 10.6. The number of aryl methyl sites for hydroxylation is 1. The first-order valence-corrected chi connectivity index (χ1v) is 6.57. The minimum absolute atomic E-state index is 0.00199. The number of rotatable bonds is 2. The van der Waals surface area contributed by atoms with E-state index in [1.54, 1.807) is 10.9 Å². The number of hydrogen-bond acceptors (Lipinski definition) is 4. The molecule has 1 aliphatic heterocycles. The van der Waals surface area contributed by atoms with Gasteiger partial charge in [0.15, 0.2) is 0 Å². The Balaban J connectivity index is 1.95. The summed E-state index contributed by atoms with van der Waals surface area (Å²) in [6.07, 6.45) is 8.80. The summed E-state index contributed by atoms with van der Waals surface area (Å²) in [4.78, 5) is 16.8. The lowest BCUT2D eigenvalue weighted by Gasteiger charge is -2.55. The number of nitrogens with zero attached hydrogens (tertiary/aromatic N) is 4. The molecule has 2 heterocycles. The van der Waals surface area contributed by atoms with E-state index < -0.39 is 0 Å². The minimum Gasteiger partial charge on any atom is -0.358 e. The predicted molar refractivity (Wildman–Crippen MR) is 67.6 cm³/mol. The van der Waals surface area contributed by atoms with Crippen molar-refractivity contribution in [1.29, 1.82) is 0 Å². The topological polar surface area (TPSA) is 64.2 Å². The van der Waals surface area contributed by atoms with Crippen LogP contribution < -0.4 is 4.90 Å². The molecule has 98 valence electrons. The van der Waals surface area contributed by atoms with Crippen molar-refractivity contribution in [3.8, 4) is 0 Å². The van der Waals surface area contributed by atoms with Crippen LogP contribution in [0.2, 0.25) is 0 Å². The Morgan fingerprint density at radius 2 is 2.06 bits per heavy atom. The lowest BCUT2D eigenvalue weighted by atomic mass is 9.72. The van der Waals surface area contributed by atoms with Gasteiger partial charge in [0.25, 0.3) is 0 Å². The second-order valence-corrected chi connectivity index (χ2v) is 5.45. The molecule has 3 rings (SSSR count). The second kappa shape index (κ2) is 3.96. The molecule has 18 heavy (non-hydrogen) atoms. The fourth-order valence-electron chi connectivity index (χ4n) is 3.45. The fourth-order valence-corrected chi connectivity index (χ4v) is 3.45. The minimum atomic E-state index is -0.371. The third-order valence-electron chi connectivity index (χ3n) is 4.47. The smallest absolute Gasteiger partial charge is 0.358 e. The highest BCUT2D eigenvalue weighted by Crippen LogP contribution is 2.47. The van der Waals surface area contributed by atoms with Gasteiger partial charge in [-0.15, -0.1) is 0 Å². The zero-order valence-corrected chi connectivity index (χ0v) is 10.6. The highest BCUT2D eigenvalue weighted by molar-refractivity contribution is 5.59. The molecular formula is C12H18N4O2. The van der Waals surface area contributed by atoms with E-state index >= 15 is 0 Å². The highest BCUT2D eigenvalue weighted by Gasteiger charge is 2.48. The predicted octanol–water partition coefficient (Wildman–Crippen LogP) is 2.24. The van der Waals surface area contributed by atoms with Crippen LogP contribution in [0.25, 0.3) is 0 Å². The Labute approximate surface area is 106 Å². The van der Waals surface area contributed by atoms with Crippen molar-refractivity contribution in [2.45, 2.75) is 44.1 Å². The number of aromatic nitrogens is 2. The Bertz CT molecular complexity index is 476. The van der Waals surface area contributed by atoms with Crippen LogP contribution in [0.3, 0.4) is 0 Å². The Morgan fingerprint density at radius 3 is 2.61 bits per heavy atom. The van der Waals surface area contributed by atoms with Crippen LogP contribution >= 0.6 is 0 Å². The van der Waals surface area contributed by atoms with Crippen LogP contribution in [0, 0.1) is 10.1 Å². The summed E-state index contributed by atoms with van der Waals surface area (Å²) in [5.41, 5.74) is 0.177. The number of anilines is 1. The quantitative estimate of drug-likeness (QED) is 0.596. The molecule has 1 spiro atoms. The van der Waals surface area contributed by atoms with Gasteiger partial charge in [-0.05, 0) is 29.2 Å². The molecule has 0 aromatic carbocycles. The van der Waals surface area contributed by atoms with Crippen molar-refractivity contribution < 1.29 is 4.92 Å². The summed E-state index contributed by atoms with van der Waals surface area (Å²) in [5, 5.41) is 11.1. The van der Waals surface area contributed by atoms with Crippen LogP contribution in [0.5, 0.6) is 0 Å². The first-order valence-electron chi connectivity index (χ1n) is 6.57. The lowest BCUT2D eigenvalue weighted by Crippen LogP contribution is -2.61. The van der Waals surface area contributed by atoms with Crippen LogP contribution in [0.1, 0.15) is 38.5 Å². The van der Waals surface area contributed by atoms with E-state index in [2.05, 4.69) is 9.88 Å². The maximum absolute atomic E-state index is 11.1. The molecule has 0 bridgehead atoms. The van der Waals surface area contributed by atoms with Crippen molar-refractivity contribution >= 4 is 11.6 Å². The molecule has 2 aliphatic rings. The molecule has 0 radical (unpaired) electrons. The summed E-state index contributed by atoms with van der Waals surface area (Å²) in [5.74, 6) is 0.690. The summed E-state index contributed by atoms with van der Waals surface area (Å²) in [6.45, 7) is 0.917. The molecule has 1 aromatic rings. The number of nitro groups is 1. The van der Waals surface area contributed by atoms with Gasteiger partial charge in [-0.25, -0.2) is 0 Å². The maximum atomic E-state index is 11.1. The van der Waals surface area contributed by atoms with Crippen molar-refractivity contribution in [3.05, 3.63) is 16.4 Å². The molecule has 0 atom stereocenters. The average molecular weight is 250 g/mol. The summed E-state index contributed by atoms with van der Waals surface area (Å²) in [6, 6.07) is 0. The molecule has 1 saturated heterocycles. The van der Waals surface area contributed by atoms with Gasteiger partial charge >= 0.3 is 5.82 Å². The van der Waals surface area contributed by atoms with E-state index in [9.17, 15) is 10.1 Å². The highest BCUT2D eigenvalue weighted by atomic mass is 16.6. The fraction of sp³-hybridized carbons (Fsp3) is 0.750. The van der Waals surface area contributed by atoms with Gasteiger partial charge in [0, 0.05) is 19.1 Å². The number of hydrogen-bond donors (Lipinski definition) is 0. The molecular weight excluding hydrogens is 232 g/mol. The summed E-state index contributed by atoms with van der Waals surface area (Å²) < 4.78 is 1.79. The molecule has 0 unspecified atom stereocenters. The number of imidazole rings is 1. The van der Waals surface area contributed by atoms with Gasteiger partial charge in [-0.1, -0.05) is 19.3 Å². The van der Waals surface area contributed by atoms with Gasteiger partial charge in [0.1, 0.15) is 0 Å². The average Bonchev–Trinajstić information content (AvgIpc) is 2.72. The zero-order chi connectivity index (χ0) is 12.8. The lowest BCUT2D eigenvalue weighted by molar-refractivity contribution is -0.388. The van der Waals surface area contributed by atoms with E-state index in [1.807, 2.05) is 7.05 Å². The Hall–Kier alpha value is -1.59. The second-order valence-electron chi connectivity index (χ2n) is 5.45. The van der Waals surface area contributed by atoms with Crippen molar-refractivity contribution in [2.75, 3.05) is 11.4 Å². The normalized spacial score (nSPS) is 21.9. The molecule has 6 heteroatoms. The molecule has 0 amide bonds. The van der Waals surface area contributed by atoms with Gasteiger partial charge in [0.05, 0.1) is 0 Å². The monoisotopic (exact) mass is 250 g/mol. The molecule has 6 nitrogen and oxygen atoms in total. The van der Waals surface area contributed by atoms with Crippen molar-refractivity contribution in [2.24, 2.45) is 7.05 Å². The van der Waals surface area contributed by atoms with E-state index in [4.69, 9.17) is 0 Å². The molecule has 1 saturated carbocycles. The van der Waals surface area contributed by atoms with Crippen LogP contribution in [0.4, 0.5) is 11.6 Å². The molecule has 1 aliphatic carbocycles. The van der Waals surface area contributed by atoms with Gasteiger partial charge < -0.3 is 15.0 Å². The summed E-state index contributed by atoms with van der Waals surface area (Å²) >= 11 is 0. The van der Waals surface area contributed by atoms with Crippen molar-refractivity contribution in [3.63, 3.8) is 0 Å². The third kappa shape index (κ3) is 1.51. The standard InChI is InChI=1S/C12H18N4O2/c1-14-9-13-10(16(17)18)11(14)15-8-7-12(15)5-3-2-4-6-12/h9H,2-8H2,1H3. The third-order valence-corrected chi connectivity index (χ3v) is 4.47. The van der Waals surface area contributed by atoms with Gasteiger partial charge in [0.2, 0.25) is 12.1 Å². The van der Waals surface area contributed by atoms with Crippen LogP contribution in [-0.4, -0.2) is 26.6 Å². The SMILES string of the molecule is Cn1cnc([N+](=O)[O-])c1N1CCC12CCCCC2. The molecule has 0 N–H and O–H groups in total. The van der Waals surface area contributed by atoms with E-state index in [0.717, 1.165) is 25.8 Å². The maximum Gasteiger partial charge on any atom is 0.406 e. The van der Waals surface area contributed by atoms with Crippen molar-refractivity contribution in [1.82, 2.24) is 9.55 Å². The van der Waals surface area contributed by atoms with E-state index in [0.29, 0.717) is 5.82 Å². The van der Waals surface area contributed by atoms with E-state index in [-0.39, 0.29) is 16.3 Å².